The number of ether oxygens (including phenoxy) is 4. The summed E-state index contributed by atoms with van der Waals surface area (Å²) in [6.07, 6.45) is -0.0643. The van der Waals surface area contributed by atoms with E-state index in [2.05, 4.69) is 48.7 Å². The van der Waals surface area contributed by atoms with Gasteiger partial charge in [-0.15, -0.1) is 0 Å². The van der Waals surface area contributed by atoms with Gasteiger partial charge in [0, 0.05) is 30.6 Å². The Hall–Kier alpha value is -4.67. The fourth-order valence-electron chi connectivity index (χ4n) is 6.80. The lowest BCUT2D eigenvalue weighted by Gasteiger charge is -2.39. The Bertz CT molecular complexity index is 1930. The highest BCUT2D eigenvalue weighted by Gasteiger charge is 2.45. The molecule has 1 amide bonds. The molecular weight excluding hydrogens is 745 g/mol. The number of nitriles is 1. The van der Waals surface area contributed by atoms with E-state index in [1.165, 1.54) is 4.57 Å². The van der Waals surface area contributed by atoms with Crippen LogP contribution in [0.3, 0.4) is 0 Å². The maximum Gasteiger partial charge on any atom is 0.351 e. The maximum absolute atomic E-state index is 13.5. The topological polar surface area (TPSA) is 146 Å². The molecule has 1 fully saturated rings. The molecule has 1 aliphatic rings. The van der Waals surface area contributed by atoms with Gasteiger partial charge in [-0.3, -0.25) is 9.36 Å². The molecule has 14 heteroatoms. The van der Waals surface area contributed by atoms with E-state index in [1.54, 1.807) is 40.3 Å². The number of anilines is 1. The van der Waals surface area contributed by atoms with Crippen LogP contribution in [0.25, 0.3) is 0 Å². The van der Waals surface area contributed by atoms with Crippen LogP contribution in [0.1, 0.15) is 77.3 Å². The lowest BCUT2D eigenvalue weighted by molar-refractivity contribution is -0.118. The molecule has 13 nitrogen and oxygen atoms in total. The molecular formula is C43H54N5O8P. The number of benzene rings is 3. The van der Waals surface area contributed by atoms with Crippen molar-refractivity contribution in [1.82, 2.24) is 14.2 Å². The van der Waals surface area contributed by atoms with E-state index in [0.717, 1.165) is 16.7 Å². The highest BCUT2D eigenvalue weighted by molar-refractivity contribution is 7.44. The third-order valence-electron chi connectivity index (χ3n) is 9.62. The van der Waals surface area contributed by atoms with Crippen LogP contribution < -0.4 is 20.5 Å². The first-order valence-electron chi connectivity index (χ1n) is 19.2. The zero-order chi connectivity index (χ0) is 41.1. The average Bonchev–Trinajstić information content (AvgIpc) is 3.60. The molecule has 4 aromatic rings. The van der Waals surface area contributed by atoms with Gasteiger partial charge in [0.25, 0.3) is 8.53 Å². The van der Waals surface area contributed by atoms with Gasteiger partial charge in [-0.1, -0.05) is 68.4 Å². The number of carbonyl (C=O) groups is 1. The van der Waals surface area contributed by atoms with Crippen LogP contribution in [0.4, 0.5) is 5.82 Å². The quantitative estimate of drug-likeness (QED) is 0.0563. The smallest absolute Gasteiger partial charge is 0.351 e. The van der Waals surface area contributed by atoms with Crippen LogP contribution in [-0.2, 0) is 28.9 Å². The van der Waals surface area contributed by atoms with E-state index in [0.29, 0.717) is 11.5 Å². The zero-order valence-electron chi connectivity index (χ0n) is 34.0. The molecule has 0 aliphatic carbocycles. The van der Waals surface area contributed by atoms with E-state index in [9.17, 15) is 14.9 Å². The maximum atomic E-state index is 13.5. The molecule has 2 heterocycles. The molecule has 1 unspecified atom stereocenters. The molecule has 3 aromatic carbocycles. The highest BCUT2D eigenvalue weighted by Crippen LogP contribution is 2.50. The first-order valence-corrected chi connectivity index (χ1v) is 20.3. The number of carbonyl (C=O) groups excluding carboxylic acids is 1. The van der Waals surface area contributed by atoms with E-state index in [1.807, 2.05) is 78.9 Å². The number of amides is 1. The zero-order valence-corrected chi connectivity index (χ0v) is 34.8. The normalized spacial score (nSPS) is 17.6. The van der Waals surface area contributed by atoms with Crippen LogP contribution >= 0.6 is 8.53 Å². The van der Waals surface area contributed by atoms with Crippen LogP contribution in [0.2, 0.25) is 0 Å². The fourth-order valence-corrected chi connectivity index (χ4v) is 8.55. The first-order chi connectivity index (χ1) is 27.4. The van der Waals surface area contributed by atoms with Gasteiger partial charge in [-0.05, 0) is 74.7 Å². The van der Waals surface area contributed by atoms with Crippen molar-refractivity contribution in [3.63, 3.8) is 0 Å². The largest absolute Gasteiger partial charge is 0.497 e. The molecule has 1 aliphatic heterocycles. The van der Waals surface area contributed by atoms with Gasteiger partial charge in [0.1, 0.15) is 35.2 Å². The van der Waals surface area contributed by atoms with Crippen LogP contribution in [0.5, 0.6) is 11.5 Å². The van der Waals surface area contributed by atoms with E-state index < -0.39 is 38.3 Å². The molecule has 304 valence electrons. The molecule has 1 N–H and O–H groups in total. The van der Waals surface area contributed by atoms with Crippen molar-refractivity contribution >= 4 is 20.3 Å². The second-order valence-electron chi connectivity index (χ2n) is 14.5. The Kier molecular flexibility index (Phi) is 15.4. The number of methoxy groups -OCH3 is 2. The predicted molar refractivity (Wildman–Crippen MR) is 219 cm³/mol. The summed E-state index contributed by atoms with van der Waals surface area (Å²) in [6, 6.07) is 29.3. The molecule has 1 aromatic heterocycles. The van der Waals surface area contributed by atoms with Crippen molar-refractivity contribution in [3.05, 3.63) is 118 Å². The van der Waals surface area contributed by atoms with Crippen molar-refractivity contribution < 1.29 is 32.8 Å². The number of nitrogens with one attached hydrogen (secondary N) is 1. The molecule has 4 atom stereocenters. The number of nitrogens with zero attached hydrogens (tertiary/aromatic N) is 4. The van der Waals surface area contributed by atoms with Crippen molar-refractivity contribution in [3.8, 4) is 17.6 Å². The van der Waals surface area contributed by atoms with Gasteiger partial charge in [-0.25, -0.2) is 9.46 Å². The Balaban J connectivity index is 1.58. The number of rotatable bonds is 19. The standard InChI is InChI=1S/C43H54N5O8P/c1-29(2)41(49)45-39-23-25-47(42(50)46-39)40-27-37(56-57(54-26-12-24-44)48(30(3)4)31(5)6)38(55-40)28-53-43(32-13-10-9-11-14-32,33-15-19-35(51-7)20-16-33)34-17-21-36(52-8)22-18-34/h9-11,13-23,25,29-31,37-38,40H,12,26-28H2,1-8H3,(H,45,46,49,50)/t37-,38+,40+,57?/m0/s1. The third kappa shape index (κ3) is 10.4. The molecule has 0 bridgehead atoms. The lowest BCUT2D eigenvalue weighted by Crippen LogP contribution is -2.39. The van der Waals surface area contributed by atoms with E-state index in [4.69, 9.17) is 28.0 Å². The van der Waals surface area contributed by atoms with E-state index >= 15 is 0 Å². The minimum absolute atomic E-state index is 0.0313. The Morgan fingerprint density at radius 3 is 2.02 bits per heavy atom. The van der Waals surface area contributed by atoms with Gasteiger partial charge in [0.05, 0.1) is 46.0 Å². The summed E-state index contributed by atoms with van der Waals surface area (Å²) < 4.78 is 41.8. The number of aromatic nitrogens is 2. The molecule has 0 spiro atoms. The fraction of sp³-hybridized carbons (Fsp3) is 0.442. The summed E-state index contributed by atoms with van der Waals surface area (Å²) in [7, 11) is 1.57. The van der Waals surface area contributed by atoms with Crippen molar-refractivity contribution in [2.24, 2.45) is 5.92 Å². The van der Waals surface area contributed by atoms with Crippen LogP contribution in [0, 0.1) is 17.2 Å². The molecule has 0 radical (unpaired) electrons. The highest BCUT2D eigenvalue weighted by atomic mass is 31.2. The van der Waals surface area contributed by atoms with Gasteiger partial charge in [0.2, 0.25) is 5.91 Å². The van der Waals surface area contributed by atoms with E-state index in [-0.39, 0.29) is 55.8 Å². The Morgan fingerprint density at radius 1 is 0.930 bits per heavy atom. The molecule has 1 saturated heterocycles. The second-order valence-corrected chi connectivity index (χ2v) is 15.9. The monoisotopic (exact) mass is 799 g/mol. The second kappa shape index (κ2) is 20.1. The van der Waals surface area contributed by atoms with Crippen LogP contribution in [0.15, 0.2) is 95.9 Å². The van der Waals surface area contributed by atoms with Gasteiger partial charge >= 0.3 is 5.69 Å². The van der Waals surface area contributed by atoms with Crippen LogP contribution in [-0.4, -0.2) is 71.9 Å². The van der Waals surface area contributed by atoms with Gasteiger partial charge in [0.15, 0.2) is 0 Å². The summed E-state index contributed by atoms with van der Waals surface area (Å²) in [6.45, 7) is 12.0. The Morgan fingerprint density at radius 2 is 1.51 bits per heavy atom. The SMILES string of the molecule is COc1ccc(C(OC[C@H]2O[C@@H](n3ccc(NC(=O)C(C)C)nc3=O)C[C@@H]2OP(OCCC#N)N(C(C)C)C(C)C)(c2ccccc2)c2ccc(OC)cc2)cc1. The average molecular weight is 800 g/mol. The molecule has 5 rings (SSSR count). The number of hydrogen-bond donors (Lipinski definition) is 1. The van der Waals surface area contributed by atoms with Gasteiger partial charge < -0.3 is 33.3 Å². The van der Waals surface area contributed by atoms with Gasteiger partial charge in [-0.2, -0.15) is 10.2 Å². The summed E-state index contributed by atoms with van der Waals surface area (Å²) in [4.78, 5) is 30.0. The minimum Gasteiger partial charge on any atom is -0.497 e. The van der Waals surface area contributed by atoms with Crippen molar-refractivity contribution in [2.75, 3.05) is 32.8 Å². The van der Waals surface area contributed by atoms with Crippen molar-refractivity contribution in [1.29, 1.82) is 5.26 Å². The Labute approximate surface area is 336 Å². The summed E-state index contributed by atoms with van der Waals surface area (Å²) in [5, 5.41) is 12.0. The summed E-state index contributed by atoms with van der Waals surface area (Å²) in [5.74, 6) is 1.02. The molecule has 0 saturated carbocycles. The minimum atomic E-state index is -1.68. The molecule has 57 heavy (non-hydrogen) atoms. The number of hydrogen-bond acceptors (Lipinski definition) is 11. The third-order valence-corrected chi connectivity index (χ3v) is 11.8. The summed E-state index contributed by atoms with van der Waals surface area (Å²) in [5.41, 5.74) is 0.837. The lowest BCUT2D eigenvalue weighted by atomic mass is 9.80. The van der Waals surface area contributed by atoms with Crippen molar-refractivity contribution in [2.45, 2.75) is 90.5 Å². The first kappa shape index (κ1) is 43.5. The summed E-state index contributed by atoms with van der Waals surface area (Å²) >= 11 is 0. The predicted octanol–water partition coefficient (Wildman–Crippen LogP) is 7.81.